The monoisotopic (exact) mass is 337 g/mol. The average molecular weight is 337 g/mol. The minimum atomic E-state index is -4.54. The second-order valence-corrected chi connectivity index (χ2v) is 5.36. The summed E-state index contributed by atoms with van der Waals surface area (Å²) in [4.78, 5) is 12.3. The van der Waals surface area contributed by atoms with Crippen LogP contribution in [0.5, 0.6) is 5.75 Å². The zero-order valence-electron chi connectivity index (χ0n) is 13.4. The van der Waals surface area contributed by atoms with Crippen LogP contribution in [-0.2, 0) is 11.0 Å². The summed E-state index contributed by atoms with van der Waals surface area (Å²) in [6.45, 7) is 3.65. The van der Waals surface area contributed by atoms with Crippen LogP contribution in [0.3, 0.4) is 0 Å². The Morgan fingerprint density at radius 2 is 1.75 bits per heavy atom. The molecule has 1 N–H and O–H groups in total. The smallest absolute Gasteiger partial charge is 0.418 e. The number of nitrogens with one attached hydrogen (secondary N) is 1. The number of carbonyl (C=O) groups excluding carboxylic acids is 1. The first-order valence-corrected chi connectivity index (χ1v) is 7.51. The van der Waals surface area contributed by atoms with E-state index in [4.69, 9.17) is 4.74 Å². The van der Waals surface area contributed by atoms with E-state index in [1.165, 1.54) is 18.2 Å². The van der Waals surface area contributed by atoms with Crippen LogP contribution in [-0.4, -0.2) is 12.0 Å². The normalized spacial score (nSPS) is 12.5. The molecule has 6 heteroatoms. The van der Waals surface area contributed by atoms with Crippen molar-refractivity contribution in [3.63, 3.8) is 0 Å². The number of aryl methyl sites for hydroxylation is 1. The third-order valence-corrected chi connectivity index (χ3v) is 3.45. The van der Waals surface area contributed by atoms with E-state index in [0.717, 1.165) is 11.6 Å². The van der Waals surface area contributed by atoms with Crippen LogP contribution >= 0.6 is 0 Å². The van der Waals surface area contributed by atoms with Gasteiger partial charge >= 0.3 is 6.18 Å². The number of amides is 1. The molecule has 0 aromatic heterocycles. The maximum absolute atomic E-state index is 13.0. The van der Waals surface area contributed by atoms with Crippen molar-refractivity contribution in [3.8, 4) is 5.75 Å². The van der Waals surface area contributed by atoms with Crippen molar-refractivity contribution >= 4 is 11.6 Å². The van der Waals surface area contributed by atoms with Crippen molar-refractivity contribution in [2.24, 2.45) is 0 Å². The van der Waals surface area contributed by atoms with Gasteiger partial charge in [-0.15, -0.1) is 0 Å². The zero-order valence-corrected chi connectivity index (χ0v) is 13.4. The van der Waals surface area contributed by atoms with E-state index >= 15 is 0 Å². The van der Waals surface area contributed by atoms with Gasteiger partial charge in [0.2, 0.25) is 0 Å². The average Bonchev–Trinajstić information content (AvgIpc) is 2.53. The first kappa shape index (κ1) is 17.8. The summed E-state index contributed by atoms with van der Waals surface area (Å²) >= 11 is 0. The van der Waals surface area contributed by atoms with Crippen LogP contribution in [0.4, 0.5) is 18.9 Å². The van der Waals surface area contributed by atoms with E-state index in [1.54, 1.807) is 19.1 Å². The topological polar surface area (TPSA) is 38.3 Å². The molecule has 1 amide bonds. The van der Waals surface area contributed by atoms with Crippen molar-refractivity contribution in [2.45, 2.75) is 32.5 Å². The van der Waals surface area contributed by atoms with Gasteiger partial charge in [0, 0.05) is 0 Å². The largest absolute Gasteiger partial charge is 0.481 e. The summed E-state index contributed by atoms with van der Waals surface area (Å²) in [7, 11) is 0. The molecular formula is C18H18F3NO2. The third-order valence-electron chi connectivity index (χ3n) is 3.45. The van der Waals surface area contributed by atoms with Crippen LogP contribution < -0.4 is 10.1 Å². The lowest BCUT2D eigenvalue weighted by Gasteiger charge is -2.19. The van der Waals surface area contributed by atoms with Crippen LogP contribution in [0.25, 0.3) is 0 Å². The summed E-state index contributed by atoms with van der Waals surface area (Å²) in [6.07, 6.45) is -5.09. The van der Waals surface area contributed by atoms with Crippen molar-refractivity contribution in [1.82, 2.24) is 0 Å². The molecule has 0 saturated carbocycles. The van der Waals surface area contributed by atoms with E-state index in [1.807, 2.05) is 19.1 Å². The van der Waals surface area contributed by atoms with Gasteiger partial charge in [-0.3, -0.25) is 4.79 Å². The fraction of sp³-hybridized carbons (Fsp3) is 0.278. The first-order chi connectivity index (χ1) is 11.3. The number of rotatable bonds is 5. The van der Waals surface area contributed by atoms with Crippen LogP contribution in [0, 0.1) is 6.92 Å². The maximum Gasteiger partial charge on any atom is 0.418 e. The third kappa shape index (κ3) is 4.50. The first-order valence-electron chi connectivity index (χ1n) is 7.51. The lowest BCUT2D eigenvalue weighted by Crippen LogP contribution is -2.33. The highest BCUT2D eigenvalue weighted by atomic mass is 19.4. The van der Waals surface area contributed by atoms with Gasteiger partial charge in [-0.25, -0.2) is 0 Å². The molecule has 2 rings (SSSR count). The predicted molar refractivity (Wildman–Crippen MR) is 86.0 cm³/mol. The molecular weight excluding hydrogens is 319 g/mol. The molecule has 24 heavy (non-hydrogen) atoms. The Morgan fingerprint density at radius 1 is 1.12 bits per heavy atom. The van der Waals surface area contributed by atoms with Crippen molar-refractivity contribution in [3.05, 3.63) is 59.7 Å². The molecule has 0 saturated heterocycles. The molecule has 0 heterocycles. The molecule has 0 radical (unpaired) electrons. The summed E-state index contributed by atoms with van der Waals surface area (Å²) in [6, 6.07) is 12.0. The fourth-order valence-electron chi connectivity index (χ4n) is 2.16. The number of alkyl halides is 3. The molecule has 2 aromatic rings. The fourth-order valence-corrected chi connectivity index (χ4v) is 2.16. The Balaban J connectivity index is 2.14. The number of carbonyl (C=O) groups is 1. The predicted octanol–water partition coefficient (Wildman–Crippen LogP) is 4.81. The molecule has 1 atom stereocenters. The SMILES string of the molecule is CC[C@H](Oc1ccc(C)cc1)C(=O)Nc1ccccc1C(F)(F)F. The quantitative estimate of drug-likeness (QED) is 0.850. The van der Waals surface area contributed by atoms with E-state index in [0.29, 0.717) is 12.2 Å². The summed E-state index contributed by atoms with van der Waals surface area (Å²) in [5.74, 6) is -0.124. The molecule has 0 spiro atoms. The maximum atomic E-state index is 13.0. The van der Waals surface area contributed by atoms with Gasteiger partial charge in [0.15, 0.2) is 6.10 Å². The van der Waals surface area contributed by atoms with Gasteiger partial charge in [0.05, 0.1) is 11.3 Å². The molecule has 0 aliphatic rings. The molecule has 0 unspecified atom stereocenters. The number of benzene rings is 2. The standard InChI is InChI=1S/C18H18F3NO2/c1-3-16(24-13-10-8-12(2)9-11-13)17(23)22-15-7-5-4-6-14(15)18(19,20)21/h4-11,16H,3H2,1-2H3,(H,22,23)/t16-/m0/s1. The molecule has 128 valence electrons. The van der Waals surface area contributed by atoms with Gasteiger partial charge in [-0.2, -0.15) is 13.2 Å². The Hall–Kier alpha value is -2.50. The lowest BCUT2D eigenvalue weighted by atomic mass is 10.1. The van der Waals surface area contributed by atoms with Gasteiger partial charge in [0.25, 0.3) is 5.91 Å². The van der Waals surface area contributed by atoms with E-state index < -0.39 is 23.8 Å². The highest BCUT2D eigenvalue weighted by Crippen LogP contribution is 2.34. The number of para-hydroxylation sites is 1. The molecule has 3 nitrogen and oxygen atoms in total. The number of anilines is 1. The van der Waals surface area contributed by atoms with Crippen molar-refractivity contribution in [2.75, 3.05) is 5.32 Å². The van der Waals surface area contributed by atoms with Gasteiger partial charge in [0.1, 0.15) is 5.75 Å². The van der Waals surface area contributed by atoms with E-state index in [9.17, 15) is 18.0 Å². The summed E-state index contributed by atoms with van der Waals surface area (Å²) in [5.41, 5.74) is -0.122. The second-order valence-electron chi connectivity index (χ2n) is 5.36. The molecule has 0 bridgehead atoms. The van der Waals surface area contributed by atoms with Crippen LogP contribution in [0.15, 0.2) is 48.5 Å². The Labute approximate surface area is 138 Å². The van der Waals surface area contributed by atoms with Gasteiger partial charge in [-0.05, 0) is 37.6 Å². The van der Waals surface area contributed by atoms with Crippen LogP contribution in [0.2, 0.25) is 0 Å². The Morgan fingerprint density at radius 3 is 2.33 bits per heavy atom. The minimum Gasteiger partial charge on any atom is -0.481 e. The second kappa shape index (κ2) is 7.38. The molecule has 0 aliphatic carbocycles. The summed E-state index contributed by atoms with van der Waals surface area (Å²) < 4.78 is 44.5. The van der Waals surface area contributed by atoms with Gasteiger partial charge in [-0.1, -0.05) is 36.8 Å². The van der Waals surface area contributed by atoms with E-state index in [-0.39, 0.29) is 5.69 Å². The Kier molecular flexibility index (Phi) is 5.49. The number of hydrogen-bond acceptors (Lipinski definition) is 2. The lowest BCUT2D eigenvalue weighted by molar-refractivity contribution is -0.137. The van der Waals surface area contributed by atoms with Crippen molar-refractivity contribution < 1.29 is 22.7 Å². The highest BCUT2D eigenvalue weighted by Gasteiger charge is 2.34. The Bertz CT molecular complexity index is 696. The number of ether oxygens (including phenoxy) is 1. The van der Waals surface area contributed by atoms with Crippen LogP contribution in [0.1, 0.15) is 24.5 Å². The van der Waals surface area contributed by atoms with Crippen molar-refractivity contribution in [1.29, 1.82) is 0 Å². The number of hydrogen-bond donors (Lipinski definition) is 1. The summed E-state index contributed by atoms with van der Waals surface area (Å²) in [5, 5.41) is 2.32. The minimum absolute atomic E-state index is 0.277. The molecule has 0 aliphatic heterocycles. The van der Waals surface area contributed by atoms with E-state index in [2.05, 4.69) is 5.32 Å². The van der Waals surface area contributed by atoms with Gasteiger partial charge < -0.3 is 10.1 Å². The highest BCUT2D eigenvalue weighted by molar-refractivity contribution is 5.95. The number of halogens is 3. The zero-order chi connectivity index (χ0) is 17.7. The molecule has 0 fully saturated rings. The molecule has 2 aromatic carbocycles.